The summed E-state index contributed by atoms with van der Waals surface area (Å²) in [5, 5.41) is 12.8. The number of ether oxygens (including phenoxy) is 2. The van der Waals surface area contributed by atoms with Crippen molar-refractivity contribution >= 4 is 46.4 Å². The van der Waals surface area contributed by atoms with Crippen molar-refractivity contribution in [3.8, 4) is 11.8 Å². The first kappa shape index (κ1) is 24.4. The molecule has 0 bridgehead atoms. The third-order valence-corrected chi connectivity index (χ3v) is 6.63. The fraction of sp³-hybridized carbons (Fsp3) is 0.120. The number of hydrogen-bond acceptors (Lipinski definition) is 8. The van der Waals surface area contributed by atoms with Crippen molar-refractivity contribution in [2.45, 2.75) is 5.92 Å². The fourth-order valence-electron chi connectivity index (χ4n) is 3.86. The van der Waals surface area contributed by atoms with E-state index >= 15 is 0 Å². The molecule has 0 saturated carbocycles. The minimum absolute atomic E-state index is 0.0184. The lowest BCUT2D eigenvalue weighted by Gasteiger charge is -2.25. The van der Waals surface area contributed by atoms with Crippen LogP contribution in [0.1, 0.15) is 11.5 Å². The van der Waals surface area contributed by atoms with E-state index in [4.69, 9.17) is 10.5 Å². The Morgan fingerprint density at radius 1 is 1.19 bits per heavy atom. The minimum Gasteiger partial charge on any atom is -0.495 e. The van der Waals surface area contributed by atoms with Crippen LogP contribution in [-0.4, -0.2) is 30.7 Å². The zero-order chi connectivity index (χ0) is 26.0. The first-order valence-corrected chi connectivity index (χ1v) is 11.3. The molecule has 2 aromatic carbocycles. The standard InChI is InChI=1S/C25H19FN4O5S/c1-34-17-6-4-3-5-16(17)29-23(32)21-20(13-7-9-14(26)10-8-13)15(12-27)22(28)30-24(33)18(36-25(21)30)11-19(31)35-2/h3-11,20H,28H2,1-2H3,(H,29,32)/b18-11-/t20-/m0/s1. The highest BCUT2D eigenvalue weighted by Crippen LogP contribution is 2.37. The van der Waals surface area contributed by atoms with Crippen molar-refractivity contribution in [3.63, 3.8) is 0 Å². The fourth-order valence-corrected chi connectivity index (χ4v) is 4.99. The summed E-state index contributed by atoms with van der Waals surface area (Å²) in [6.45, 7) is 0. The molecule has 182 valence electrons. The Bertz CT molecular complexity index is 1630. The largest absolute Gasteiger partial charge is 0.495 e. The lowest BCUT2D eigenvalue weighted by atomic mass is 9.83. The van der Waals surface area contributed by atoms with Crippen LogP contribution in [0.4, 0.5) is 10.1 Å². The van der Waals surface area contributed by atoms with E-state index in [1.807, 2.05) is 6.07 Å². The van der Waals surface area contributed by atoms with Crippen molar-refractivity contribution < 1.29 is 23.5 Å². The van der Waals surface area contributed by atoms with Gasteiger partial charge >= 0.3 is 5.97 Å². The maximum Gasteiger partial charge on any atom is 0.332 e. The number of amides is 1. The predicted octanol–water partition coefficient (Wildman–Crippen LogP) is 1.25. The van der Waals surface area contributed by atoms with E-state index in [2.05, 4.69) is 10.1 Å². The van der Waals surface area contributed by atoms with E-state index in [9.17, 15) is 24.0 Å². The molecule has 3 N–H and O–H groups in total. The quantitative estimate of drug-likeness (QED) is 0.497. The van der Waals surface area contributed by atoms with Crippen LogP contribution < -0.4 is 30.5 Å². The summed E-state index contributed by atoms with van der Waals surface area (Å²) in [6, 6.07) is 14.0. The van der Waals surface area contributed by atoms with Gasteiger partial charge in [-0.3, -0.25) is 14.2 Å². The van der Waals surface area contributed by atoms with Crippen LogP contribution in [0.2, 0.25) is 0 Å². The Labute approximate surface area is 207 Å². The number of nitrogens with zero attached hydrogens (tertiary/aromatic N) is 2. The van der Waals surface area contributed by atoms with Crippen LogP contribution in [0.5, 0.6) is 5.75 Å². The van der Waals surface area contributed by atoms with Crippen LogP contribution in [0.15, 0.2) is 58.9 Å². The lowest BCUT2D eigenvalue weighted by molar-refractivity contribution is -0.133. The van der Waals surface area contributed by atoms with Crippen molar-refractivity contribution in [2.75, 3.05) is 19.5 Å². The van der Waals surface area contributed by atoms with Gasteiger partial charge in [0.2, 0.25) is 0 Å². The van der Waals surface area contributed by atoms with E-state index in [0.29, 0.717) is 17.0 Å². The number of carbonyl (C=O) groups excluding carboxylic acids is 2. The van der Waals surface area contributed by atoms with Gasteiger partial charge in [-0.2, -0.15) is 5.26 Å². The van der Waals surface area contributed by atoms with Gasteiger partial charge in [-0.05, 0) is 29.8 Å². The number of halogens is 1. The number of aromatic nitrogens is 1. The molecule has 1 aliphatic rings. The topological polar surface area (TPSA) is 136 Å². The van der Waals surface area contributed by atoms with Gasteiger partial charge in [0.25, 0.3) is 11.5 Å². The number of esters is 1. The van der Waals surface area contributed by atoms with Crippen LogP contribution >= 0.6 is 11.3 Å². The number of nitrogens with two attached hydrogens (primary N) is 1. The molecule has 0 fully saturated rings. The zero-order valence-electron chi connectivity index (χ0n) is 19.1. The molecule has 1 aliphatic heterocycles. The second kappa shape index (κ2) is 9.89. The molecule has 3 aromatic rings. The molecule has 9 nitrogen and oxygen atoms in total. The van der Waals surface area contributed by atoms with Crippen LogP contribution in [0.3, 0.4) is 0 Å². The summed E-state index contributed by atoms with van der Waals surface area (Å²) in [5.74, 6) is -2.75. The summed E-state index contributed by atoms with van der Waals surface area (Å²) in [7, 11) is 2.61. The van der Waals surface area contributed by atoms with Gasteiger partial charge in [-0.15, -0.1) is 11.3 Å². The van der Waals surface area contributed by atoms with Crippen molar-refractivity contribution in [3.05, 3.63) is 85.0 Å². The van der Waals surface area contributed by atoms with Gasteiger partial charge in [0, 0.05) is 6.08 Å². The highest BCUT2D eigenvalue weighted by molar-refractivity contribution is 7.07. The number of carbonyl (C=O) groups is 2. The molecule has 36 heavy (non-hydrogen) atoms. The van der Waals surface area contributed by atoms with Gasteiger partial charge in [-0.1, -0.05) is 24.3 Å². The molecular weight excluding hydrogens is 487 g/mol. The lowest BCUT2D eigenvalue weighted by Crippen LogP contribution is -2.40. The zero-order valence-corrected chi connectivity index (χ0v) is 19.9. The molecule has 1 aromatic heterocycles. The number of benzene rings is 2. The molecule has 2 heterocycles. The number of anilines is 1. The van der Waals surface area contributed by atoms with Gasteiger partial charge in [0.1, 0.15) is 26.6 Å². The third kappa shape index (κ3) is 4.25. The molecule has 1 amide bonds. The first-order valence-electron chi connectivity index (χ1n) is 10.5. The van der Waals surface area contributed by atoms with E-state index in [1.165, 1.54) is 31.4 Å². The van der Waals surface area contributed by atoms with Crippen molar-refractivity contribution in [1.29, 1.82) is 5.26 Å². The van der Waals surface area contributed by atoms with Gasteiger partial charge in [0.15, 0.2) is 0 Å². The molecule has 4 rings (SSSR count). The number of rotatable bonds is 5. The van der Waals surface area contributed by atoms with Crippen LogP contribution in [0.25, 0.3) is 17.5 Å². The first-order chi connectivity index (χ1) is 17.3. The SMILES string of the molecule is COC(=O)/C=c1\sc2n(c1=O)C(N)=C(C#N)[C@H](c1ccc(F)cc1)C=2C(=O)Nc1ccccc1OC. The average molecular weight is 507 g/mol. The predicted molar refractivity (Wildman–Crippen MR) is 131 cm³/mol. The number of nitrogens with one attached hydrogen (secondary N) is 1. The summed E-state index contributed by atoms with van der Waals surface area (Å²) in [6.07, 6.45) is 0.986. The molecule has 1 atom stereocenters. The van der Waals surface area contributed by atoms with E-state index in [0.717, 1.165) is 29.1 Å². The Morgan fingerprint density at radius 3 is 2.53 bits per heavy atom. The number of nitriles is 1. The minimum atomic E-state index is -1.02. The number of allylic oxidation sites excluding steroid dienone is 1. The third-order valence-electron chi connectivity index (χ3n) is 5.52. The molecular formula is C25H19FN4O5S. The molecule has 11 heteroatoms. The van der Waals surface area contributed by atoms with E-state index in [-0.39, 0.29) is 26.2 Å². The summed E-state index contributed by atoms with van der Waals surface area (Å²) >= 11 is 0.848. The Balaban J connectivity index is 2.05. The smallest absolute Gasteiger partial charge is 0.332 e. The molecule has 0 spiro atoms. The second-order valence-electron chi connectivity index (χ2n) is 7.54. The van der Waals surface area contributed by atoms with Crippen LogP contribution in [0, 0.1) is 17.1 Å². The summed E-state index contributed by atoms with van der Waals surface area (Å²) < 4.78 is 24.7. The summed E-state index contributed by atoms with van der Waals surface area (Å²) in [4.78, 5) is 38.7. The average Bonchev–Trinajstić information content (AvgIpc) is 3.20. The Morgan fingerprint density at radius 2 is 1.89 bits per heavy atom. The van der Waals surface area contributed by atoms with Gasteiger partial charge in [0.05, 0.1) is 43.0 Å². The molecule has 0 radical (unpaired) electrons. The Hall–Kier alpha value is -4.69. The normalized spacial score (nSPS) is 15.2. The number of methoxy groups -OCH3 is 2. The van der Waals surface area contributed by atoms with Crippen LogP contribution in [-0.2, 0) is 14.3 Å². The number of para-hydroxylation sites is 2. The molecule has 0 saturated heterocycles. The van der Waals surface area contributed by atoms with E-state index in [1.54, 1.807) is 24.3 Å². The number of thiazole rings is 1. The maximum absolute atomic E-state index is 13.8. The Kier molecular flexibility index (Phi) is 6.71. The molecule has 0 aliphatic carbocycles. The van der Waals surface area contributed by atoms with E-state index < -0.39 is 29.2 Å². The molecule has 0 unspecified atom stereocenters. The number of fused-ring (bicyclic) bond motifs is 1. The summed E-state index contributed by atoms with van der Waals surface area (Å²) in [5.41, 5.74) is 6.26. The highest BCUT2D eigenvalue weighted by atomic mass is 32.1. The van der Waals surface area contributed by atoms with Crippen molar-refractivity contribution in [2.24, 2.45) is 5.73 Å². The monoisotopic (exact) mass is 506 g/mol. The van der Waals surface area contributed by atoms with Gasteiger partial charge < -0.3 is 20.5 Å². The van der Waals surface area contributed by atoms with Crippen molar-refractivity contribution in [1.82, 2.24) is 4.57 Å². The second-order valence-corrected chi connectivity index (χ2v) is 8.57. The van der Waals surface area contributed by atoms with Gasteiger partial charge in [-0.25, -0.2) is 9.18 Å². The maximum atomic E-state index is 13.8. The number of hydrogen-bond donors (Lipinski definition) is 2. The highest BCUT2D eigenvalue weighted by Gasteiger charge is 2.36.